The zero-order chi connectivity index (χ0) is 9.80. The van der Waals surface area contributed by atoms with E-state index in [1.165, 1.54) is 11.1 Å². The Hall–Kier alpha value is -0.860. The van der Waals surface area contributed by atoms with Crippen LogP contribution in [0, 0.1) is 0 Å². The highest BCUT2D eigenvalue weighted by Crippen LogP contribution is 2.27. The van der Waals surface area contributed by atoms with Gasteiger partial charge in [0.15, 0.2) is 0 Å². The first-order valence-electron chi connectivity index (χ1n) is 5.19. The fourth-order valence-corrected chi connectivity index (χ4v) is 1.88. The lowest BCUT2D eigenvalue weighted by Gasteiger charge is -2.24. The van der Waals surface area contributed by atoms with Crippen molar-refractivity contribution in [2.24, 2.45) is 0 Å². The zero-order valence-corrected chi connectivity index (χ0v) is 8.53. The first-order chi connectivity index (χ1) is 6.92. The fraction of sp³-hybridized carbons (Fsp3) is 0.500. The van der Waals surface area contributed by atoms with E-state index in [1.54, 1.807) is 0 Å². The van der Waals surface area contributed by atoms with Gasteiger partial charge in [0.1, 0.15) is 6.79 Å². The van der Waals surface area contributed by atoms with Crippen LogP contribution in [-0.4, -0.2) is 13.4 Å². The molecule has 2 nitrogen and oxygen atoms in total. The van der Waals surface area contributed by atoms with Gasteiger partial charge in [-0.15, -0.1) is 0 Å². The van der Waals surface area contributed by atoms with Crippen molar-refractivity contribution in [1.29, 1.82) is 0 Å². The summed E-state index contributed by atoms with van der Waals surface area (Å²) in [4.78, 5) is 0. The van der Waals surface area contributed by atoms with Crippen molar-refractivity contribution in [2.75, 3.05) is 13.4 Å². The Labute approximate surface area is 84.8 Å². The van der Waals surface area contributed by atoms with Crippen LogP contribution in [0.25, 0.3) is 0 Å². The molecule has 1 aromatic rings. The van der Waals surface area contributed by atoms with Crippen molar-refractivity contribution in [3.8, 4) is 0 Å². The van der Waals surface area contributed by atoms with E-state index in [2.05, 4.69) is 31.2 Å². The van der Waals surface area contributed by atoms with Gasteiger partial charge < -0.3 is 9.47 Å². The molecule has 0 aliphatic carbocycles. The molecule has 0 amide bonds. The third kappa shape index (κ3) is 1.97. The van der Waals surface area contributed by atoms with E-state index in [-0.39, 0.29) is 6.10 Å². The molecule has 14 heavy (non-hydrogen) atoms. The molecule has 0 spiro atoms. The Morgan fingerprint density at radius 1 is 1.36 bits per heavy atom. The zero-order valence-electron chi connectivity index (χ0n) is 8.53. The van der Waals surface area contributed by atoms with Crippen LogP contribution in [0.3, 0.4) is 0 Å². The van der Waals surface area contributed by atoms with Crippen LogP contribution in [0.15, 0.2) is 24.3 Å². The number of hydrogen-bond acceptors (Lipinski definition) is 2. The molecule has 76 valence electrons. The van der Waals surface area contributed by atoms with Crippen LogP contribution >= 0.6 is 0 Å². The maximum Gasteiger partial charge on any atom is 0.147 e. The first kappa shape index (κ1) is 9.69. The molecule has 0 N–H and O–H groups in total. The second-order valence-corrected chi connectivity index (χ2v) is 3.52. The minimum Gasteiger partial charge on any atom is -0.355 e. The SMILES string of the molecule is CCc1ccccc1C1CCOCO1. The molecule has 1 heterocycles. The van der Waals surface area contributed by atoms with E-state index >= 15 is 0 Å². The van der Waals surface area contributed by atoms with Gasteiger partial charge in [-0.3, -0.25) is 0 Å². The Kier molecular flexibility index (Phi) is 3.17. The molecular weight excluding hydrogens is 176 g/mol. The van der Waals surface area contributed by atoms with E-state index in [4.69, 9.17) is 9.47 Å². The van der Waals surface area contributed by atoms with Gasteiger partial charge in [-0.1, -0.05) is 31.2 Å². The van der Waals surface area contributed by atoms with Crippen LogP contribution in [-0.2, 0) is 15.9 Å². The van der Waals surface area contributed by atoms with E-state index in [0.717, 1.165) is 19.4 Å². The second kappa shape index (κ2) is 4.58. The lowest BCUT2D eigenvalue weighted by molar-refractivity contribution is -0.141. The highest BCUT2D eigenvalue weighted by molar-refractivity contribution is 5.29. The van der Waals surface area contributed by atoms with Crippen LogP contribution in [0.4, 0.5) is 0 Å². The highest BCUT2D eigenvalue weighted by Gasteiger charge is 2.18. The molecule has 1 aliphatic heterocycles. The topological polar surface area (TPSA) is 18.5 Å². The molecule has 1 atom stereocenters. The predicted molar refractivity (Wildman–Crippen MR) is 55.1 cm³/mol. The summed E-state index contributed by atoms with van der Waals surface area (Å²) in [7, 11) is 0. The van der Waals surface area contributed by atoms with Crippen LogP contribution in [0.5, 0.6) is 0 Å². The van der Waals surface area contributed by atoms with Crippen molar-refractivity contribution in [1.82, 2.24) is 0 Å². The summed E-state index contributed by atoms with van der Waals surface area (Å²) in [6, 6.07) is 8.50. The lowest BCUT2D eigenvalue weighted by atomic mass is 9.98. The maximum atomic E-state index is 5.58. The van der Waals surface area contributed by atoms with Gasteiger partial charge in [-0.25, -0.2) is 0 Å². The monoisotopic (exact) mass is 192 g/mol. The van der Waals surface area contributed by atoms with Crippen molar-refractivity contribution < 1.29 is 9.47 Å². The third-order valence-corrected chi connectivity index (χ3v) is 2.66. The second-order valence-electron chi connectivity index (χ2n) is 3.52. The molecule has 1 aliphatic rings. The largest absolute Gasteiger partial charge is 0.355 e. The number of rotatable bonds is 2. The van der Waals surface area contributed by atoms with Crippen molar-refractivity contribution in [3.63, 3.8) is 0 Å². The quantitative estimate of drug-likeness (QED) is 0.717. The van der Waals surface area contributed by atoms with Crippen molar-refractivity contribution in [3.05, 3.63) is 35.4 Å². The maximum absolute atomic E-state index is 5.58. The van der Waals surface area contributed by atoms with Gasteiger partial charge in [0, 0.05) is 6.42 Å². The Morgan fingerprint density at radius 2 is 2.21 bits per heavy atom. The summed E-state index contributed by atoms with van der Waals surface area (Å²) < 4.78 is 10.8. The van der Waals surface area contributed by atoms with Crippen LogP contribution < -0.4 is 0 Å². The molecule has 1 fully saturated rings. The Morgan fingerprint density at radius 3 is 2.93 bits per heavy atom. The summed E-state index contributed by atoms with van der Waals surface area (Å²) in [5.74, 6) is 0. The van der Waals surface area contributed by atoms with Crippen molar-refractivity contribution >= 4 is 0 Å². The first-order valence-corrected chi connectivity index (χ1v) is 5.19. The summed E-state index contributed by atoms with van der Waals surface area (Å²) in [6.07, 6.45) is 2.27. The summed E-state index contributed by atoms with van der Waals surface area (Å²) in [5.41, 5.74) is 2.72. The van der Waals surface area contributed by atoms with Gasteiger partial charge in [0.2, 0.25) is 0 Å². The number of aryl methyl sites for hydroxylation is 1. The van der Waals surface area contributed by atoms with Crippen molar-refractivity contribution in [2.45, 2.75) is 25.9 Å². The van der Waals surface area contributed by atoms with Gasteiger partial charge in [0.25, 0.3) is 0 Å². The predicted octanol–water partition coefficient (Wildman–Crippen LogP) is 2.68. The van der Waals surface area contributed by atoms with Crippen LogP contribution in [0.1, 0.15) is 30.6 Å². The summed E-state index contributed by atoms with van der Waals surface area (Å²) in [5, 5.41) is 0. The molecule has 0 aromatic heterocycles. The molecule has 0 saturated carbocycles. The molecule has 0 bridgehead atoms. The van der Waals surface area contributed by atoms with E-state index in [9.17, 15) is 0 Å². The molecule has 1 unspecified atom stereocenters. The normalized spacial score (nSPS) is 22.2. The number of hydrogen-bond donors (Lipinski definition) is 0. The molecule has 0 radical (unpaired) electrons. The fourth-order valence-electron chi connectivity index (χ4n) is 1.88. The summed E-state index contributed by atoms with van der Waals surface area (Å²) >= 11 is 0. The average molecular weight is 192 g/mol. The van der Waals surface area contributed by atoms with Gasteiger partial charge in [-0.05, 0) is 17.5 Å². The minimum atomic E-state index is 0.236. The highest BCUT2D eigenvalue weighted by atomic mass is 16.7. The van der Waals surface area contributed by atoms with Gasteiger partial charge >= 0.3 is 0 Å². The summed E-state index contributed by atoms with van der Waals surface area (Å²) in [6.45, 7) is 3.42. The molecule has 2 rings (SSSR count). The van der Waals surface area contributed by atoms with E-state index in [1.807, 2.05) is 0 Å². The van der Waals surface area contributed by atoms with E-state index < -0.39 is 0 Å². The van der Waals surface area contributed by atoms with Crippen LogP contribution in [0.2, 0.25) is 0 Å². The molecule has 2 heteroatoms. The van der Waals surface area contributed by atoms with Gasteiger partial charge in [-0.2, -0.15) is 0 Å². The Bertz CT molecular complexity index is 290. The van der Waals surface area contributed by atoms with Gasteiger partial charge in [0.05, 0.1) is 12.7 Å². The molecule has 1 aromatic carbocycles. The minimum absolute atomic E-state index is 0.236. The average Bonchev–Trinajstić information content (AvgIpc) is 2.30. The number of ether oxygens (including phenoxy) is 2. The number of benzene rings is 1. The third-order valence-electron chi connectivity index (χ3n) is 2.66. The smallest absolute Gasteiger partial charge is 0.147 e. The molecular formula is C12H16O2. The van der Waals surface area contributed by atoms with E-state index in [0.29, 0.717) is 6.79 Å². The molecule has 1 saturated heterocycles. The lowest BCUT2D eigenvalue weighted by Crippen LogP contribution is -2.18. The Balaban J connectivity index is 2.20. The standard InChI is InChI=1S/C12H16O2/c1-2-10-5-3-4-6-11(10)12-7-8-13-9-14-12/h3-6,12H,2,7-9H2,1H3.